The maximum absolute atomic E-state index is 10.8. The fourth-order valence-electron chi connectivity index (χ4n) is 1.26. The second kappa shape index (κ2) is 4.79. The fourth-order valence-corrected chi connectivity index (χ4v) is 1.42. The lowest BCUT2D eigenvalue weighted by Gasteiger charge is -2.16. The average molecular weight is 227 g/mol. The molecule has 0 aliphatic heterocycles. The van der Waals surface area contributed by atoms with Crippen LogP contribution in [-0.4, -0.2) is 18.5 Å². The molecule has 5 heteroatoms. The third-order valence-corrected chi connectivity index (χ3v) is 2.18. The van der Waals surface area contributed by atoms with E-state index in [0.29, 0.717) is 17.3 Å². The van der Waals surface area contributed by atoms with E-state index in [1.807, 2.05) is 0 Å². The van der Waals surface area contributed by atoms with Crippen LogP contribution in [0.15, 0.2) is 30.9 Å². The molecule has 15 heavy (non-hydrogen) atoms. The minimum Gasteiger partial charge on any atom is -0.365 e. The summed E-state index contributed by atoms with van der Waals surface area (Å²) >= 11 is 5.70. The van der Waals surface area contributed by atoms with Gasteiger partial charge in [-0.3, -0.25) is 10.1 Å². The molecule has 0 aliphatic rings. The first-order chi connectivity index (χ1) is 7.06. The number of hydrogen-bond donors (Lipinski definition) is 0. The van der Waals surface area contributed by atoms with Crippen LogP contribution in [0.4, 0.5) is 11.4 Å². The van der Waals surface area contributed by atoms with Crippen molar-refractivity contribution < 1.29 is 4.92 Å². The van der Waals surface area contributed by atoms with Gasteiger partial charge >= 0.3 is 0 Å². The smallest absolute Gasteiger partial charge is 0.294 e. The summed E-state index contributed by atoms with van der Waals surface area (Å²) in [5, 5.41) is 11.1. The molecule has 0 bridgehead atoms. The molecule has 0 aliphatic carbocycles. The summed E-state index contributed by atoms with van der Waals surface area (Å²) in [5.41, 5.74) is 0.538. The van der Waals surface area contributed by atoms with Gasteiger partial charge in [-0.25, -0.2) is 0 Å². The largest absolute Gasteiger partial charge is 0.365 e. The summed E-state index contributed by atoms with van der Waals surface area (Å²) in [7, 11) is 1.76. The van der Waals surface area contributed by atoms with Crippen molar-refractivity contribution in [2.75, 3.05) is 18.5 Å². The van der Waals surface area contributed by atoms with Gasteiger partial charge in [0.05, 0.1) is 4.92 Å². The second-order valence-corrected chi connectivity index (χ2v) is 3.50. The number of nitrogens with zero attached hydrogens (tertiary/aromatic N) is 2. The van der Waals surface area contributed by atoms with Crippen molar-refractivity contribution in [2.45, 2.75) is 0 Å². The fraction of sp³-hybridized carbons (Fsp3) is 0.200. The summed E-state index contributed by atoms with van der Waals surface area (Å²) in [6.45, 7) is 4.12. The first kappa shape index (κ1) is 11.5. The minimum absolute atomic E-state index is 0.00634. The Morgan fingerprint density at radius 3 is 2.87 bits per heavy atom. The van der Waals surface area contributed by atoms with Crippen molar-refractivity contribution in [1.82, 2.24) is 0 Å². The van der Waals surface area contributed by atoms with Gasteiger partial charge in [-0.1, -0.05) is 17.7 Å². The standard InChI is InChI=1S/C10H11ClN2O2/c1-3-6-12(2)9-5-4-8(11)7-10(9)13(14)15/h3-5,7H,1,6H2,2H3. The van der Waals surface area contributed by atoms with Crippen molar-refractivity contribution >= 4 is 23.0 Å². The van der Waals surface area contributed by atoms with Gasteiger partial charge < -0.3 is 4.90 Å². The van der Waals surface area contributed by atoms with Gasteiger partial charge in [0, 0.05) is 24.7 Å². The van der Waals surface area contributed by atoms with Gasteiger partial charge in [0.15, 0.2) is 0 Å². The molecule has 0 saturated carbocycles. The van der Waals surface area contributed by atoms with E-state index in [2.05, 4.69) is 6.58 Å². The molecule has 0 spiro atoms. The van der Waals surface area contributed by atoms with Gasteiger partial charge in [-0.15, -0.1) is 6.58 Å². The van der Waals surface area contributed by atoms with Gasteiger partial charge in [-0.05, 0) is 12.1 Å². The van der Waals surface area contributed by atoms with Crippen LogP contribution in [0.3, 0.4) is 0 Å². The van der Waals surface area contributed by atoms with E-state index < -0.39 is 4.92 Å². The molecular formula is C10H11ClN2O2. The Labute approximate surface area is 92.9 Å². The molecule has 4 nitrogen and oxygen atoms in total. The predicted octanol–water partition coefficient (Wildman–Crippen LogP) is 2.87. The van der Waals surface area contributed by atoms with Gasteiger partial charge in [0.2, 0.25) is 0 Å². The lowest BCUT2D eigenvalue weighted by Crippen LogP contribution is -2.17. The average Bonchev–Trinajstić information content (AvgIpc) is 2.17. The van der Waals surface area contributed by atoms with Crippen LogP contribution in [0.2, 0.25) is 5.02 Å². The van der Waals surface area contributed by atoms with Crippen LogP contribution in [0.1, 0.15) is 0 Å². The third kappa shape index (κ3) is 2.70. The number of hydrogen-bond acceptors (Lipinski definition) is 3. The normalized spacial score (nSPS) is 9.73. The minimum atomic E-state index is -0.444. The molecule has 0 aromatic heterocycles. The number of halogens is 1. The van der Waals surface area contributed by atoms with Crippen molar-refractivity contribution in [1.29, 1.82) is 0 Å². The Morgan fingerprint density at radius 2 is 2.33 bits per heavy atom. The molecule has 0 N–H and O–H groups in total. The molecule has 1 aromatic rings. The number of likely N-dealkylation sites (N-methyl/N-ethyl adjacent to an activating group) is 1. The Kier molecular flexibility index (Phi) is 3.68. The summed E-state index contributed by atoms with van der Waals surface area (Å²) in [4.78, 5) is 12.1. The van der Waals surface area contributed by atoms with Crippen LogP contribution < -0.4 is 4.90 Å². The highest BCUT2D eigenvalue weighted by Crippen LogP contribution is 2.30. The predicted molar refractivity (Wildman–Crippen MR) is 61.6 cm³/mol. The molecule has 0 radical (unpaired) electrons. The molecule has 0 unspecified atom stereocenters. The topological polar surface area (TPSA) is 46.4 Å². The highest BCUT2D eigenvalue weighted by molar-refractivity contribution is 6.30. The molecule has 0 atom stereocenters. The number of benzene rings is 1. The van der Waals surface area contributed by atoms with Crippen molar-refractivity contribution in [3.8, 4) is 0 Å². The highest BCUT2D eigenvalue weighted by Gasteiger charge is 2.16. The Morgan fingerprint density at radius 1 is 1.67 bits per heavy atom. The third-order valence-electron chi connectivity index (χ3n) is 1.95. The first-order valence-corrected chi connectivity index (χ1v) is 4.70. The maximum Gasteiger partial charge on any atom is 0.294 e. The number of rotatable bonds is 4. The van der Waals surface area contributed by atoms with Crippen molar-refractivity contribution in [3.63, 3.8) is 0 Å². The molecule has 80 valence electrons. The zero-order valence-corrected chi connectivity index (χ0v) is 9.07. The Bertz CT molecular complexity index is 393. The number of nitro benzene ring substituents is 1. The Hall–Kier alpha value is -1.55. The monoisotopic (exact) mass is 226 g/mol. The second-order valence-electron chi connectivity index (χ2n) is 3.06. The van der Waals surface area contributed by atoms with E-state index >= 15 is 0 Å². The quantitative estimate of drug-likeness (QED) is 0.451. The van der Waals surface area contributed by atoms with E-state index in [0.717, 1.165) is 0 Å². The first-order valence-electron chi connectivity index (χ1n) is 4.32. The van der Waals surface area contributed by atoms with Gasteiger partial charge in [-0.2, -0.15) is 0 Å². The molecule has 0 heterocycles. The summed E-state index contributed by atoms with van der Waals surface area (Å²) in [6.07, 6.45) is 1.68. The molecule has 0 fully saturated rings. The summed E-state index contributed by atoms with van der Waals surface area (Å²) < 4.78 is 0. The molecular weight excluding hydrogens is 216 g/mol. The van der Waals surface area contributed by atoms with E-state index in [1.165, 1.54) is 6.07 Å². The van der Waals surface area contributed by atoms with E-state index in [-0.39, 0.29) is 5.69 Å². The van der Waals surface area contributed by atoms with Crippen LogP contribution in [0.5, 0.6) is 0 Å². The molecule has 0 amide bonds. The van der Waals surface area contributed by atoms with Gasteiger partial charge in [0.25, 0.3) is 5.69 Å². The number of nitro groups is 1. The zero-order chi connectivity index (χ0) is 11.4. The van der Waals surface area contributed by atoms with Crippen LogP contribution in [0.25, 0.3) is 0 Å². The molecule has 1 rings (SSSR count). The lowest BCUT2D eigenvalue weighted by molar-refractivity contribution is -0.384. The maximum atomic E-state index is 10.8. The van der Waals surface area contributed by atoms with Gasteiger partial charge in [0.1, 0.15) is 5.69 Å². The van der Waals surface area contributed by atoms with Crippen LogP contribution in [-0.2, 0) is 0 Å². The molecule has 0 saturated heterocycles. The summed E-state index contributed by atoms with van der Waals surface area (Å²) in [6, 6.07) is 4.60. The molecule has 1 aromatic carbocycles. The van der Waals surface area contributed by atoms with Crippen molar-refractivity contribution in [3.05, 3.63) is 46.0 Å². The lowest BCUT2D eigenvalue weighted by atomic mass is 10.2. The SMILES string of the molecule is C=CCN(C)c1ccc(Cl)cc1[N+](=O)[O-]. The summed E-state index contributed by atoms with van der Waals surface area (Å²) in [5.74, 6) is 0. The van der Waals surface area contributed by atoms with Crippen LogP contribution in [0, 0.1) is 10.1 Å². The van der Waals surface area contributed by atoms with Crippen molar-refractivity contribution in [2.24, 2.45) is 0 Å². The number of anilines is 1. The highest BCUT2D eigenvalue weighted by atomic mass is 35.5. The van der Waals surface area contributed by atoms with E-state index in [9.17, 15) is 10.1 Å². The zero-order valence-electron chi connectivity index (χ0n) is 8.31. The Balaban J connectivity index is 3.16. The van der Waals surface area contributed by atoms with E-state index in [4.69, 9.17) is 11.6 Å². The van der Waals surface area contributed by atoms with Crippen LogP contribution >= 0.6 is 11.6 Å². The van der Waals surface area contributed by atoms with E-state index in [1.54, 1.807) is 30.2 Å².